The number of amidine groups is 1. The topological polar surface area (TPSA) is 57.2 Å². The third-order valence-electron chi connectivity index (χ3n) is 6.14. The summed E-state index contributed by atoms with van der Waals surface area (Å²) >= 11 is 0. The molecule has 0 saturated carbocycles. The van der Waals surface area contributed by atoms with E-state index in [1.54, 1.807) is 17.0 Å². The zero-order valence-electron chi connectivity index (χ0n) is 19.2. The number of ether oxygens (including phenoxy) is 1. The second kappa shape index (κ2) is 9.18. The van der Waals surface area contributed by atoms with E-state index >= 15 is 0 Å². The number of urea groups is 1. The number of nitrogens with zero attached hydrogens (tertiary/aromatic N) is 3. The largest absolute Gasteiger partial charge is 0.454 e. The standard InChI is InChI=1S/C26H22F4N4O2/c1-16-15-33(12-13-34(16)25(35)31-19-9-7-18(27)8-10-19)24-20-4-2-3-5-22(20)36-23-14-17(26(28,29)30)6-11-21(23)32-24/h2-11,14,16H,12-13,15H2,1H3,(H,31,35)/t16-/m1/s1. The Morgan fingerprint density at radius 1 is 1.03 bits per heavy atom. The van der Waals surface area contributed by atoms with E-state index in [9.17, 15) is 22.4 Å². The van der Waals surface area contributed by atoms with Gasteiger partial charge in [0.2, 0.25) is 0 Å². The number of nitrogens with one attached hydrogen (secondary N) is 1. The summed E-state index contributed by atoms with van der Waals surface area (Å²) in [6.07, 6.45) is -4.50. The molecule has 1 N–H and O–H groups in total. The summed E-state index contributed by atoms with van der Waals surface area (Å²) in [5.41, 5.74) is 0.619. The molecule has 0 unspecified atom stereocenters. The average molecular weight is 498 g/mol. The highest BCUT2D eigenvalue weighted by Gasteiger charge is 2.34. The molecule has 36 heavy (non-hydrogen) atoms. The number of anilines is 1. The number of hydrogen-bond acceptors (Lipinski definition) is 4. The zero-order chi connectivity index (χ0) is 25.4. The Morgan fingerprint density at radius 2 is 1.78 bits per heavy atom. The van der Waals surface area contributed by atoms with Crippen LogP contribution in [0.3, 0.4) is 0 Å². The van der Waals surface area contributed by atoms with Crippen molar-refractivity contribution in [2.45, 2.75) is 19.1 Å². The van der Waals surface area contributed by atoms with E-state index in [0.29, 0.717) is 48.2 Å². The van der Waals surface area contributed by atoms with Crippen LogP contribution in [0, 0.1) is 5.82 Å². The minimum absolute atomic E-state index is 0.0256. The number of carbonyl (C=O) groups is 1. The molecule has 3 aromatic carbocycles. The van der Waals surface area contributed by atoms with E-state index in [0.717, 1.165) is 12.1 Å². The molecule has 186 valence electrons. The molecule has 0 aromatic heterocycles. The smallest absolute Gasteiger partial charge is 0.416 e. The Kier molecular flexibility index (Phi) is 6.03. The first-order valence-corrected chi connectivity index (χ1v) is 11.3. The van der Waals surface area contributed by atoms with Gasteiger partial charge in [0.15, 0.2) is 5.75 Å². The van der Waals surface area contributed by atoms with Crippen molar-refractivity contribution in [1.29, 1.82) is 0 Å². The molecule has 1 fully saturated rings. The number of benzene rings is 3. The van der Waals surface area contributed by atoms with E-state index in [2.05, 4.69) is 5.32 Å². The molecule has 10 heteroatoms. The zero-order valence-corrected chi connectivity index (χ0v) is 19.2. The molecular formula is C26H22F4N4O2. The maximum Gasteiger partial charge on any atom is 0.416 e. The van der Waals surface area contributed by atoms with Gasteiger partial charge in [0.25, 0.3) is 0 Å². The first-order chi connectivity index (χ1) is 17.2. The summed E-state index contributed by atoms with van der Waals surface area (Å²) in [5.74, 6) is 0.602. The highest BCUT2D eigenvalue weighted by molar-refractivity contribution is 6.04. The highest BCUT2D eigenvalue weighted by Crippen LogP contribution is 2.42. The van der Waals surface area contributed by atoms with Crippen molar-refractivity contribution in [3.63, 3.8) is 0 Å². The van der Waals surface area contributed by atoms with Crippen LogP contribution in [0.4, 0.5) is 33.7 Å². The molecule has 0 radical (unpaired) electrons. The van der Waals surface area contributed by atoms with Crippen LogP contribution in [-0.2, 0) is 6.18 Å². The van der Waals surface area contributed by atoms with Crippen LogP contribution < -0.4 is 10.1 Å². The molecule has 5 rings (SSSR count). The van der Waals surface area contributed by atoms with Gasteiger partial charge >= 0.3 is 12.2 Å². The van der Waals surface area contributed by atoms with Crippen molar-refractivity contribution < 1.29 is 27.1 Å². The number of carbonyl (C=O) groups excluding carboxylic acids is 1. The van der Waals surface area contributed by atoms with Crippen LogP contribution in [0.1, 0.15) is 18.1 Å². The van der Waals surface area contributed by atoms with Gasteiger partial charge in [-0.2, -0.15) is 13.2 Å². The lowest BCUT2D eigenvalue weighted by atomic mass is 10.1. The second-order valence-electron chi connectivity index (χ2n) is 8.64. The van der Waals surface area contributed by atoms with Crippen LogP contribution in [0.2, 0.25) is 0 Å². The van der Waals surface area contributed by atoms with Crippen molar-refractivity contribution >= 4 is 23.2 Å². The maximum absolute atomic E-state index is 13.3. The molecule has 0 spiro atoms. The number of amides is 2. The number of fused-ring (bicyclic) bond motifs is 2. The molecule has 2 aliphatic rings. The monoisotopic (exact) mass is 498 g/mol. The van der Waals surface area contributed by atoms with Gasteiger partial charge in [-0.3, -0.25) is 0 Å². The molecule has 2 amide bonds. The molecule has 0 bridgehead atoms. The summed E-state index contributed by atoms with van der Waals surface area (Å²) < 4.78 is 58.8. The first-order valence-electron chi connectivity index (χ1n) is 11.3. The maximum atomic E-state index is 13.3. The van der Waals surface area contributed by atoms with Gasteiger partial charge < -0.3 is 19.9 Å². The molecular weight excluding hydrogens is 476 g/mol. The van der Waals surface area contributed by atoms with Gasteiger partial charge in [-0.1, -0.05) is 12.1 Å². The normalized spacial score (nSPS) is 17.4. The molecule has 2 aliphatic heterocycles. The van der Waals surface area contributed by atoms with E-state index in [-0.39, 0.29) is 23.6 Å². The fourth-order valence-electron chi connectivity index (χ4n) is 4.32. The number of halogens is 4. The van der Waals surface area contributed by atoms with E-state index in [1.807, 2.05) is 24.0 Å². The van der Waals surface area contributed by atoms with E-state index in [1.165, 1.54) is 30.3 Å². The number of piperazine rings is 1. The Bertz CT molecular complexity index is 1320. The van der Waals surface area contributed by atoms with Gasteiger partial charge in [0.05, 0.1) is 11.1 Å². The molecule has 2 heterocycles. The minimum Gasteiger partial charge on any atom is -0.454 e. The van der Waals surface area contributed by atoms with Gasteiger partial charge in [-0.15, -0.1) is 0 Å². The molecule has 3 aromatic rings. The summed E-state index contributed by atoms with van der Waals surface area (Å²) in [7, 11) is 0. The molecule has 1 saturated heterocycles. The lowest BCUT2D eigenvalue weighted by Gasteiger charge is -2.41. The highest BCUT2D eigenvalue weighted by atomic mass is 19.4. The van der Waals surface area contributed by atoms with E-state index in [4.69, 9.17) is 9.73 Å². The second-order valence-corrected chi connectivity index (χ2v) is 8.64. The van der Waals surface area contributed by atoms with E-state index < -0.39 is 11.7 Å². The Labute approximate surface area is 204 Å². The van der Waals surface area contributed by atoms with Crippen molar-refractivity contribution in [3.8, 4) is 11.5 Å². The predicted molar refractivity (Wildman–Crippen MR) is 127 cm³/mol. The summed E-state index contributed by atoms with van der Waals surface area (Å²) in [4.78, 5) is 21.2. The van der Waals surface area contributed by atoms with Gasteiger partial charge in [0, 0.05) is 31.4 Å². The number of aliphatic imine (C=N–C) groups is 1. The Morgan fingerprint density at radius 3 is 2.50 bits per heavy atom. The summed E-state index contributed by atoms with van der Waals surface area (Å²) in [5, 5.41) is 2.78. The molecule has 1 atom stereocenters. The predicted octanol–water partition coefficient (Wildman–Crippen LogP) is 6.27. The fourth-order valence-corrected chi connectivity index (χ4v) is 4.32. The van der Waals surface area contributed by atoms with Crippen molar-refractivity contribution in [3.05, 3.63) is 83.7 Å². The first kappa shape index (κ1) is 23.7. The summed E-state index contributed by atoms with van der Waals surface area (Å²) in [6, 6.07) is 15.3. The van der Waals surface area contributed by atoms with Crippen molar-refractivity contribution in [2.24, 2.45) is 4.99 Å². The van der Waals surface area contributed by atoms with Gasteiger partial charge in [-0.05, 0) is 61.5 Å². The van der Waals surface area contributed by atoms with Crippen LogP contribution in [0.25, 0.3) is 0 Å². The molecule has 6 nitrogen and oxygen atoms in total. The third-order valence-corrected chi connectivity index (χ3v) is 6.14. The minimum atomic E-state index is -4.50. The quantitative estimate of drug-likeness (QED) is 0.403. The van der Waals surface area contributed by atoms with Crippen LogP contribution >= 0.6 is 0 Å². The average Bonchev–Trinajstić information content (AvgIpc) is 3.01. The number of alkyl halides is 3. The van der Waals surface area contributed by atoms with Gasteiger partial charge in [0.1, 0.15) is 23.1 Å². The number of para-hydroxylation sites is 1. The Hall–Kier alpha value is -4.08. The number of rotatable bonds is 1. The lowest BCUT2D eigenvalue weighted by Crippen LogP contribution is -2.56. The summed E-state index contributed by atoms with van der Waals surface area (Å²) in [6.45, 7) is 3.18. The van der Waals surface area contributed by atoms with Crippen LogP contribution in [0.15, 0.2) is 71.7 Å². The molecule has 0 aliphatic carbocycles. The third kappa shape index (κ3) is 4.71. The number of hydrogen-bond donors (Lipinski definition) is 1. The van der Waals surface area contributed by atoms with Gasteiger partial charge in [-0.25, -0.2) is 14.2 Å². The SMILES string of the molecule is C[C@@H]1CN(C2=Nc3ccc(C(F)(F)F)cc3Oc3ccccc32)CCN1C(=O)Nc1ccc(F)cc1. The van der Waals surface area contributed by atoms with Crippen molar-refractivity contribution in [1.82, 2.24) is 9.80 Å². The van der Waals surface area contributed by atoms with Crippen LogP contribution in [-0.4, -0.2) is 47.3 Å². The van der Waals surface area contributed by atoms with Crippen molar-refractivity contribution in [2.75, 3.05) is 25.0 Å². The fraction of sp³-hybridized carbons (Fsp3) is 0.231. The lowest BCUT2D eigenvalue weighted by molar-refractivity contribution is -0.137. The Balaban J connectivity index is 1.40. The van der Waals surface area contributed by atoms with Crippen LogP contribution in [0.5, 0.6) is 11.5 Å².